The molecule has 0 spiro atoms. The van der Waals surface area contributed by atoms with Gasteiger partial charge in [0.2, 0.25) is 0 Å². The third kappa shape index (κ3) is 4.60. The summed E-state index contributed by atoms with van der Waals surface area (Å²) in [6.07, 6.45) is -2.02. The van der Waals surface area contributed by atoms with E-state index < -0.39 is 36.3 Å². The van der Waals surface area contributed by atoms with Gasteiger partial charge in [0.1, 0.15) is 12.8 Å². The molecule has 1 aliphatic heterocycles. The minimum atomic E-state index is -4.76. The second-order valence-corrected chi connectivity index (χ2v) is 7.51. The number of halogens is 4. The standard InChI is InChI=1S/C22H23F4NO4/c1-12-17(21(29)31-13-7-3-4-8-13)18(19(20(28)30-2)16(11-23)27-12)14-9-5-6-10-15(14)22(24,25)26/h5-6,9-10,13,18,27H,3-4,7-8,11H2,1-2H3. The fourth-order valence-electron chi connectivity index (χ4n) is 4.16. The number of carbonyl (C=O) groups excluding carboxylic acids is 2. The number of nitrogens with one attached hydrogen (secondary N) is 1. The summed E-state index contributed by atoms with van der Waals surface area (Å²) >= 11 is 0. The first-order chi connectivity index (χ1) is 14.7. The van der Waals surface area contributed by atoms with Gasteiger partial charge >= 0.3 is 18.1 Å². The Bertz CT molecular complexity index is 930. The zero-order valence-electron chi connectivity index (χ0n) is 17.1. The lowest BCUT2D eigenvalue weighted by molar-refractivity contribution is -0.145. The number of ether oxygens (including phenoxy) is 2. The third-order valence-electron chi connectivity index (χ3n) is 5.56. The van der Waals surface area contributed by atoms with Crippen LogP contribution in [0, 0.1) is 0 Å². The molecular weight excluding hydrogens is 418 g/mol. The highest BCUT2D eigenvalue weighted by Crippen LogP contribution is 2.44. The second-order valence-electron chi connectivity index (χ2n) is 7.51. The van der Waals surface area contributed by atoms with Crippen molar-refractivity contribution in [3.63, 3.8) is 0 Å². The van der Waals surface area contributed by atoms with Crippen LogP contribution in [0.2, 0.25) is 0 Å². The summed E-state index contributed by atoms with van der Waals surface area (Å²) < 4.78 is 65.4. The van der Waals surface area contributed by atoms with Gasteiger partial charge in [0, 0.05) is 5.70 Å². The van der Waals surface area contributed by atoms with Crippen molar-refractivity contribution in [1.29, 1.82) is 0 Å². The molecule has 168 valence electrons. The van der Waals surface area contributed by atoms with Crippen molar-refractivity contribution in [2.45, 2.75) is 50.8 Å². The van der Waals surface area contributed by atoms with Gasteiger partial charge in [-0.3, -0.25) is 0 Å². The van der Waals surface area contributed by atoms with E-state index in [4.69, 9.17) is 9.47 Å². The second kappa shape index (κ2) is 9.11. The highest BCUT2D eigenvalue weighted by Gasteiger charge is 2.44. The molecule has 9 heteroatoms. The van der Waals surface area contributed by atoms with Crippen LogP contribution in [-0.2, 0) is 25.2 Å². The maximum absolute atomic E-state index is 13.8. The molecule has 1 unspecified atom stereocenters. The Kier molecular flexibility index (Phi) is 6.71. The van der Waals surface area contributed by atoms with Crippen molar-refractivity contribution in [3.05, 3.63) is 57.9 Å². The lowest BCUT2D eigenvalue weighted by atomic mass is 9.78. The summed E-state index contributed by atoms with van der Waals surface area (Å²) in [5, 5.41) is 2.65. The number of dihydropyridines is 1. The molecule has 1 fully saturated rings. The lowest BCUT2D eigenvalue weighted by Gasteiger charge is -2.32. The Balaban J connectivity index is 2.20. The van der Waals surface area contributed by atoms with E-state index in [0.717, 1.165) is 26.0 Å². The van der Waals surface area contributed by atoms with Gasteiger partial charge in [0.05, 0.1) is 35.4 Å². The quantitative estimate of drug-likeness (QED) is 0.537. The van der Waals surface area contributed by atoms with Crippen LogP contribution in [0.5, 0.6) is 0 Å². The average molecular weight is 441 g/mol. The molecule has 1 saturated carbocycles. The minimum Gasteiger partial charge on any atom is -0.466 e. The van der Waals surface area contributed by atoms with Crippen LogP contribution in [0.25, 0.3) is 0 Å². The van der Waals surface area contributed by atoms with Gasteiger partial charge in [-0.2, -0.15) is 13.2 Å². The summed E-state index contributed by atoms with van der Waals surface area (Å²) in [6, 6.07) is 4.61. The molecule has 1 aromatic rings. The molecule has 1 aliphatic carbocycles. The Hall–Kier alpha value is -2.84. The molecule has 1 N–H and O–H groups in total. The predicted molar refractivity (Wildman–Crippen MR) is 103 cm³/mol. The molecular formula is C22H23F4NO4. The van der Waals surface area contributed by atoms with Gasteiger partial charge in [0.15, 0.2) is 0 Å². The minimum absolute atomic E-state index is 0.130. The Morgan fingerprint density at radius 2 is 1.74 bits per heavy atom. The van der Waals surface area contributed by atoms with Crippen LogP contribution >= 0.6 is 0 Å². The van der Waals surface area contributed by atoms with E-state index in [2.05, 4.69) is 5.32 Å². The van der Waals surface area contributed by atoms with E-state index in [0.29, 0.717) is 12.8 Å². The van der Waals surface area contributed by atoms with Crippen LogP contribution < -0.4 is 5.32 Å². The molecule has 2 aliphatic rings. The third-order valence-corrected chi connectivity index (χ3v) is 5.56. The Labute approximate surface area is 177 Å². The van der Waals surface area contributed by atoms with Crippen molar-refractivity contribution < 1.29 is 36.6 Å². The average Bonchev–Trinajstić information content (AvgIpc) is 3.24. The summed E-state index contributed by atoms with van der Waals surface area (Å²) in [5.74, 6) is -3.36. The molecule has 0 aromatic heterocycles. The van der Waals surface area contributed by atoms with E-state index in [1.54, 1.807) is 0 Å². The molecule has 3 rings (SSSR count). The first kappa shape index (κ1) is 22.8. The van der Waals surface area contributed by atoms with Crippen LogP contribution in [-0.4, -0.2) is 31.8 Å². The van der Waals surface area contributed by atoms with Crippen molar-refractivity contribution >= 4 is 11.9 Å². The fourth-order valence-corrected chi connectivity index (χ4v) is 4.16. The maximum Gasteiger partial charge on any atom is 0.416 e. The van der Waals surface area contributed by atoms with Crippen molar-refractivity contribution in [1.82, 2.24) is 5.32 Å². The first-order valence-corrected chi connectivity index (χ1v) is 9.91. The van der Waals surface area contributed by atoms with Crippen molar-refractivity contribution in [2.24, 2.45) is 0 Å². The topological polar surface area (TPSA) is 64.6 Å². The van der Waals surface area contributed by atoms with Crippen LogP contribution in [0.1, 0.15) is 49.7 Å². The fraction of sp³-hybridized carbons (Fsp3) is 0.455. The largest absolute Gasteiger partial charge is 0.466 e. The Morgan fingerprint density at radius 1 is 1.10 bits per heavy atom. The summed E-state index contributed by atoms with van der Waals surface area (Å²) in [6.45, 7) is 0.287. The predicted octanol–water partition coefficient (Wildman–Crippen LogP) is 4.55. The number of hydrogen-bond acceptors (Lipinski definition) is 5. The summed E-state index contributed by atoms with van der Waals surface area (Å²) in [4.78, 5) is 25.6. The summed E-state index contributed by atoms with van der Waals surface area (Å²) in [5.41, 5.74) is -2.04. The van der Waals surface area contributed by atoms with Gasteiger partial charge in [-0.15, -0.1) is 0 Å². The number of carbonyl (C=O) groups is 2. The zero-order valence-corrected chi connectivity index (χ0v) is 17.1. The van der Waals surface area contributed by atoms with Crippen molar-refractivity contribution in [3.8, 4) is 0 Å². The van der Waals surface area contributed by atoms with Gasteiger partial charge in [-0.25, -0.2) is 14.0 Å². The molecule has 0 bridgehead atoms. The number of benzene rings is 1. The van der Waals surface area contributed by atoms with E-state index in [1.165, 1.54) is 25.1 Å². The Morgan fingerprint density at radius 3 is 2.32 bits per heavy atom. The number of methoxy groups -OCH3 is 1. The van der Waals surface area contributed by atoms with Crippen LogP contribution in [0.4, 0.5) is 17.6 Å². The number of alkyl halides is 4. The SMILES string of the molecule is COC(=O)C1=C(CF)NC(C)=C(C(=O)OC2CCCC2)C1c1ccccc1C(F)(F)F. The molecule has 0 amide bonds. The molecule has 5 nitrogen and oxygen atoms in total. The molecule has 1 aromatic carbocycles. The maximum atomic E-state index is 13.8. The van der Waals surface area contributed by atoms with E-state index in [9.17, 15) is 27.2 Å². The molecule has 1 atom stereocenters. The molecule has 31 heavy (non-hydrogen) atoms. The summed E-state index contributed by atoms with van der Waals surface area (Å²) in [7, 11) is 1.04. The molecule has 0 saturated heterocycles. The van der Waals surface area contributed by atoms with E-state index in [-0.39, 0.29) is 34.2 Å². The van der Waals surface area contributed by atoms with Gasteiger partial charge in [0.25, 0.3) is 0 Å². The number of rotatable bonds is 5. The monoisotopic (exact) mass is 441 g/mol. The van der Waals surface area contributed by atoms with Crippen molar-refractivity contribution in [2.75, 3.05) is 13.8 Å². The first-order valence-electron chi connectivity index (χ1n) is 9.91. The smallest absolute Gasteiger partial charge is 0.416 e. The lowest BCUT2D eigenvalue weighted by Crippen LogP contribution is -2.35. The van der Waals surface area contributed by atoms with E-state index >= 15 is 0 Å². The van der Waals surface area contributed by atoms with Gasteiger partial charge in [-0.1, -0.05) is 18.2 Å². The number of allylic oxidation sites excluding steroid dienone is 2. The van der Waals surface area contributed by atoms with Crippen LogP contribution in [0.3, 0.4) is 0 Å². The highest BCUT2D eigenvalue weighted by molar-refractivity contribution is 6.00. The van der Waals surface area contributed by atoms with Gasteiger partial charge < -0.3 is 14.8 Å². The molecule has 1 heterocycles. The number of hydrogen-bond donors (Lipinski definition) is 1. The van der Waals surface area contributed by atoms with Crippen LogP contribution in [0.15, 0.2) is 46.8 Å². The van der Waals surface area contributed by atoms with Gasteiger partial charge in [-0.05, 0) is 44.2 Å². The zero-order chi connectivity index (χ0) is 22.8. The van der Waals surface area contributed by atoms with E-state index in [1.807, 2.05) is 0 Å². The normalized spacial score (nSPS) is 20.0. The molecule has 0 radical (unpaired) electrons. The number of esters is 2. The highest BCUT2D eigenvalue weighted by atomic mass is 19.4.